The first-order chi connectivity index (χ1) is 16.8. The highest BCUT2D eigenvalue weighted by Crippen LogP contribution is 2.44. The first-order valence-electron chi connectivity index (χ1n) is 12.5. The fraction of sp³-hybridized carbons (Fsp3) is 0.464. The molecule has 1 heterocycles. The first kappa shape index (κ1) is 24.8. The molecule has 7 nitrogen and oxygen atoms in total. The van der Waals surface area contributed by atoms with E-state index in [4.69, 9.17) is 4.74 Å². The largest absolute Gasteiger partial charge is 0.481 e. The van der Waals surface area contributed by atoms with Gasteiger partial charge < -0.3 is 20.1 Å². The number of ether oxygens (including phenoxy) is 1. The van der Waals surface area contributed by atoms with Gasteiger partial charge in [-0.1, -0.05) is 62.4 Å². The minimum atomic E-state index is -0.917. The Morgan fingerprint density at radius 1 is 1.03 bits per heavy atom. The number of carboxylic acids is 1. The lowest BCUT2D eigenvalue weighted by molar-refractivity contribution is -0.143. The average Bonchev–Trinajstić information content (AvgIpc) is 3.15. The fourth-order valence-corrected chi connectivity index (χ4v) is 5.38. The number of carboxylic acid groups (broad SMARTS) is 1. The van der Waals surface area contributed by atoms with Crippen LogP contribution >= 0.6 is 0 Å². The molecule has 35 heavy (non-hydrogen) atoms. The van der Waals surface area contributed by atoms with Crippen molar-refractivity contribution in [3.63, 3.8) is 0 Å². The van der Waals surface area contributed by atoms with E-state index in [-0.39, 0.29) is 36.8 Å². The quantitative estimate of drug-likeness (QED) is 0.568. The number of hydrogen-bond donors (Lipinski definition) is 2. The molecule has 2 aromatic carbocycles. The molecule has 2 amide bonds. The predicted molar refractivity (Wildman–Crippen MR) is 133 cm³/mol. The van der Waals surface area contributed by atoms with Crippen molar-refractivity contribution in [3.8, 4) is 11.1 Å². The van der Waals surface area contributed by atoms with Crippen molar-refractivity contribution in [3.05, 3.63) is 59.7 Å². The van der Waals surface area contributed by atoms with E-state index < -0.39 is 18.1 Å². The molecule has 2 N–H and O–H groups in total. The molecule has 0 unspecified atom stereocenters. The molecule has 0 aromatic heterocycles. The van der Waals surface area contributed by atoms with E-state index in [0.29, 0.717) is 19.4 Å². The van der Waals surface area contributed by atoms with Crippen LogP contribution in [0.1, 0.15) is 63.0 Å². The van der Waals surface area contributed by atoms with Crippen LogP contribution in [-0.2, 0) is 14.3 Å². The number of likely N-dealkylation sites (tertiary alicyclic amines) is 1. The molecule has 7 heteroatoms. The molecular weight excluding hydrogens is 444 g/mol. The second-order valence-electron chi connectivity index (χ2n) is 9.93. The molecule has 2 aliphatic rings. The Bertz CT molecular complexity index is 1040. The first-order valence-corrected chi connectivity index (χ1v) is 12.5. The van der Waals surface area contributed by atoms with E-state index in [9.17, 15) is 19.5 Å². The highest BCUT2D eigenvalue weighted by atomic mass is 16.5. The van der Waals surface area contributed by atoms with Crippen LogP contribution in [0.2, 0.25) is 0 Å². The van der Waals surface area contributed by atoms with Crippen LogP contribution in [0.3, 0.4) is 0 Å². The highest BCUT2D eigenvalue weighted by molar-refractivity contribution is 5.86. The summed E-state index contributed by atoms with van der Waals surface area (Å²) in [6.07, 6.45) is 2.15. The molecule has 1 aliphatic carbocycles. The van der Waals surface area contributed by atoms with Gasteiger partial charge in [-0.15, -0.1) is 0 Å². The minimum absolute atomic E-state index is 0.0607. The van der Waals surface area contributed by atoms with Gasteiger partial charge in [0.05, 0.1) is 6.42 Å². The lowest BCUT2D eigenvalue weighted by Crippen LogP contribution is -2.54. The van der Waals surface area contributed by atoms with Crippen molar-refractivity contribution < 1.29 is 24.2 Å². The Morgan fingerprint density at radius 3 is 2.26 bits per heavy atom. The molecular formula is C28H34N2O5. The van der Waals surface area contributed by atoms with Gasteiger partial charge in [-0.2, -0.15) is 0 Å². The van der Waals surface area contributed by atoms with Gasteiger partial charge in [-0.3, -0.25) is 9.59 Å². The topological polar surface area (TPSA) is 95.9 Å². The predicted octanol–water partition coefficient (Wildman–Crippen LogP) is 4.80. The summed E-state index contributed by atoms with van der Waals surface area (Å²) in [6, 6.07) is 15.2. The lowest BCUT2D eigenvalue weighted by atomic mass is 9.96. The van der Waals surface area contributed by atoms with E-state index in [1.165, 1.54) is 0 Å². The summed E-state index contributed by atoms with van der Waals surface area (Å²) >= 11 is 0. The average molecular weight is 479 g/mol. The van der Waals surface area contributed by atoms with Gasteiger partial charge in [0.25, 0.3) is 0 Å². The van der Waals surface area contributed by atoms with E-state index in [0.717, 1.165) is 35.1 Å². The third-order valence-corrected chi connectivity index (χ3v) is 6.96. The van der Waals surface area contributed by atoms with Crippen LogP contribution in [0.5, 0.6) is 0 Å². The molecule has 2 aromatic rings. The van der Waals surface area contributed by atoms with Crippen molar-refractivity contribution in [1.29, 1.82) is 0 Å². The molecule has 186 valence electrons. The number of hydrogen-bond acceptors (Lipinski definition) is 4. The second kappa shape index (κ2) is 10.9. The normalized spacial score (nSPS) is 18.0. The van der Waals surface area contributed by atoms with Gasteiger partial charge >= 0.3 is 12.1 Å². The second-order valence-corrected chi connectivity index (χ2v) is 9.93. The number of carbonyl (C=O) groups excluding carboxylic acids is 2. The summed E-state index contributed by atoms with van der Waals surface area (Å²) in [7, 11) is 0. The molecule has 2 atom stereocenters. The standard InChI is InChI=1S/C28H34N2O5/c1-18(2)15-25(27(33)30-14-8-7-9-19(30)16-26(31)32)29-28(34)35-17-24-22-12-5-3-10-20(22)21-11-4-6-13-23(21)24/h3-6,10-13,18-19,24-25H,7-9,14-17H2,1-2H3,(H,29,34)(H,31,32)/t19-,25-/m0/s1. The summed E-state index contributed by atoms with van der Waals surface area (Å²) < 4.78 is 5.67. The summed E-state index contributed by atoms with van der Waals surface area (Å²) in [4.78, 5) is 39.2. The van der Waals surface area contributed by atoms with Crippen molar-refractivity contribution in [2.45, 2.75) is 64.0 Å². The minimum Gasteiger partial charge on any atom is -0.481 e. The van der Waals surface area contributed by atoms with Gasteiger partial charge in [0.1, 0.15) is 12.6 Å². The van der Waals surface area contributed by atoms with E-state index in [1.807, 2.05) is 38.1 Å². The monoisotopic (exact) mass is 478 g/mol. The number of benzene rings is 2. The Morgan fingerprint density at radius 2 is 1.66 bits per heavy atom. The Labute approximate surface area is 206 Å². The zero-order valence-electron chi connectivity index (χ0n) is 20.4. The van der Waals surface area contributed by atoms with E-state index in [2.05, 4.69) is 29.6 Å². The van der Waals surface area contributed by atoms with Crippen LogP contribution in [0.25, 0.3) is 11.1 Å². The van der Waals surface area contributed by atoms with E-state index in [1.54, 1.807) is 4.90 Å². The molecule has 0 spiro atoms. The fourth-order valence-electron chi connectivity index (χ4n) is 5.38. The highest BCUT2D eigenvalue weighted by Gasteiger charge is 2.35. The number of aliphatic carboxylic acids is 1. The number of fused-ring (bicyclic) bond motifs is 3. The third-order valence-electron chi connectivity index (χ3n) is 6.96. The maximum atomic E-state index is 13.4. The Balaban J connectivity index is 1.44. The van der Waals surface area contributed by atoms with Crippen molar-refractivity contribution in [2.75, 3.05) is 13.2 Å². The summed E-state index contributed by atoms with van der Waals surface area (Å²) in [6.45, 7) is 4.67. The summed E-state index contributed by atoms with van der Waals surface area (Å²) in [5, 5.41) is 12.1. The SMILES string of the molecule is CC(C)C[C@H](NC(=O)OCC1c2ccccc2-c2ccccc21)C(=O)N1CCCC[C@H]1CC(=O)O. The number of rotatable bonds is 8. The molecule has 0 radical (unpaired) electrons. The molecule has 1 aliphatic heterocycles. The zero-order valence-corrected chi connectivity index (χ0v) is 20.4. The number of nitrogens with one attached hydrogen (secondary N) is 1. The van der Waals surface area contributed by atoms with Crippen LogP contribution in [-0.4, -0.2) is 53.2 Å². The van der Waals surface area contributed by atoms with E-state index >= 15 is 0 Å². The maximum absolute atomic E-state index is 13.4. The van der Waals surface area contributed by atoms with Crippen LogP contribution in [0.4, 0.5) is 4.79 Å². The van der Waals surface area contributed by atoms with Gasteiger partial charge in [0, 0.05) is 18.5 Å². The third kappa shape index (κ3) is 5.66. The Kier molecular flexibility index (Phi) is 7.73. The zero-order chi connectivity index (χ0) is 24.9. The smallest absolute Gasteiger partial charge is 0.407 e. The summed E-state index contributed by atoms with van der Waals surface area (Å²) in [5.74, 6) is -1.03. The Hall–Kier alpha value is -3.35. The van der Waals surface area contributed by atoms with Gasteiger partial charge in [0.2, 0.25) is 5.91 Å². The van der Waals surface area contributed by atoms with Crippen LogP contribution in [0, 0.1) is 5.92 Å². The molecule has 0 bridgehead atoms. The summed E-state index contributed by atoms with van der Waals surface area (Å²) in [5.41, 5.74) is 4.56. The number of piperidine rings is 1. The van der Waals surface area contributed by atoms with Crippen LogP contribution < -0.4 is 5.32 Å². The van der Waals surface area contributed by atoms with Gasteiger partial charge in [0.15, 0.2) is 0 Å². The number of amides is 2. The van der Waals surface area contributed by atoms with Crippen molar-refractivity contribution >= 4 is 18.0 Å². The lowest BCUT2D eigenvalue weighted by Gasteiger charge is -2.37. The number of nitrogens with zero attached hydrogens (tertiary/aromatic N) is 1. The molecule has 1 fully saturated rings. The molecule has 1 saturated heterocycles. The maximum Gasteiger partial charge on any atom is 0.407 e. The van der Waals surface area contributed by atoms with Crippen molar-refractivity contribution in [2.24, 2.45) is 5.92 Å². The van der Waals surface area contributed by atoms with Crippen LogP contribution in [0.15, 0.2) is 48.5 Å². The van der Waals surface area contributed by atoms with Gasteiger partial charge in [-0.05, 0) is 53.9 Å². The molecule has 4 rings (SSSR count). The number of carbonyl (C=O) groups is 3. The van der Waals surface area contributed by atoms with Gasteiger partial charge in [-0.25, -0.2) is 4.79 Å². The number of alkyl carbamates (subject to hydrolysis) is 1. The van der Waals surface area contributed by atoms with Crippen molar-refractivity contribution in [1.82, 2.24) is 10.2 Å². The molecule has 0 saturated carbocycles.